The predicted octanol–water partition coefficient (Wildman–Crippen LogP) is 3.85. The van der Waals surface area contributed by atoms with Crippen LogP contribution in [0.2, 0.25) is 0 Å². The second-order valence-corrected chi connectivity index (χ2v) is 11.5. The molecule has 0 unspecified atom stereocenters. The molecule has 0 bridgehead atoms. The number of carbonyl (C=O) groups excluding carboxylic acids is 2. The van der Waals surface area contributed by atoms with E-state index in [1.807, 2.05) is 36.1 Å². The van der Waals surface area contributed by atoms with Crippen LogP contribution in [0.5, 0.6) is 5.75 Å². The molecule has 0 radical (unpaired) electrons. The van der Waals surface area contributed by atoms with Gasteiger partial charge in [-0.3, -0.25) is 14.6 Å². The maximum Gasteiger partial charge on any atom is 0.390 e. The summed E-state index contributed by atoms with van der Waals surface area (Å²) < 4.78 is 67.8. The zero-order valence-corrected chi connectivity index (χ0v) is 24.0. The summed E-state index contributed by atoms with van der Waals surface area (Å²) in [6.45, 7) is 4.33. The summed E-state index contributed by atoms with van der Waals surface area (Å²) in [7, 11) is -4.44. The molecule has 1 aromatic heterocycles. The number of nitrogens with one attached hydrogen (secondary N) is 1. The minimum Gasteiger partial charge on any atom is -0.494 e. The number of rotatable bonds is 8. The van der Waals surface area contributed by atoms with E-state index in [2.05, 4.69) is 16.8 Å². The highest BCUT2D eigenvalue weighted by Crippen LogP contribution is 2.21. The summed E-state index contributed by atoms with van der Waals surface area (Å²) in [4.78, 5) is 33.3. The number of halogens is 3. The molecular formula is C30H29F3N4O5S. The van der Waals surface area contributed by atoms with Gasteiger partial charge < -0.3 is 14.5 Å². The van der Waals surface area contributed by atoms with Gasteiger partial charge in [0, 0.05) is 61.0 Å². The second kappa shape index (κ2) is 13.6. The first-order chi connectivity index (χ1) is 20.4. The number of amides is 2. The molecule has 226 valence electrons. The van der Waals surface area contributed by atoms with Crippen LogP contribution >= 0.6 is 0 Å². The van der Waals surface area contributed by atoms with Gasteiger partial charge in [0.25, 0.3) is 11.8 Å². The normalized spacial score (nSPS) is 13.6. The van der Waals surface area contributed by atoms with E-state index >= 15 is 0 Å². The highest BCUT2D eigenvalue weighted by atomic mass is 32.2. The van der Waals surface area contributed by atoms with E-state index in [-0.39, 0.29) is 11.5 Å². The van der Waals surface area contributed by atoms with Gasteiger partial charge >= 0.3 is 6.18 Å². The van der Waals surface area contributed by atoms with E-state index in [1.165, 1.54) is 18.3 Å². The Kier molecular flexibility index (Phi) is 9.92. The van der Waals surface area contributed by atoms with Crippen molar-refractivity contribution in [3.63, 3.8) is 0 Å². The Labute approximate surface area is 247 Å². The SMILES string of the molecule is CCOc1cccc(C#Cc2cncc(C(=O)N3CCN(c4ccc(C(=O)NS(=O)(=O)CCC(F)(F)F)cc4)CC3)c2)c1. The number of benzene rings is 2. The number of piperazine rings is 1. The lowest BCUT2D eigenvalue weighted by Gasteiger charge is -2.36. The van der Waals surface area contributed by atoms with E-state index in [0.717, 1.165) is 17.0 Å². The maximum absolute atomic E-state index is 13.2. The number of sulfonamides is 1. The van der Waals surface area contributed by atoms with Crippen LogP contribution in [-0.2, 0) is 10.0 Å². The van der Waals surface area contributed by atoms with Crippen LogP contribution in [0.1, 0.15) is 45.2 Å². The molecule has 13 heteroatoms. The molecule has 0 spiro atoms. The molecule has 1 aliphatic heterocycles. The van der Waals surface area contributed by atoms with Gasteiger partial charge in [-0.05, 0) is 55.5 Å². The number of hydrogen-bond acceptors (Lipinski definition) is 7. The Morgan fingerprint density at radius 1 is 0.953 bits per heavy atom. The molecule has 2 aromatic carbocycles. The minimum atomic E-state index is -4.65. The van der Waals surface area contributed by atoms with Crippen molar-refractivity contribution in [2.24, 2.45) is 0 Å². The number of ether oxygens (including phenoxy) is 1. The van der Waals surface area contributed by atoms with Crippen molar-refractivity contribution in [2.45, 2.75) is 19.5 Å². The van der Waals surface area contributed by atoms with Crippen molar-refractivity contribution in [1.82, 2.24) is 14.6 Å². The molecule has 3 aromatic rings. The Balaban J connectivity index is 1.32. The number of alkyl halides is 3. The fourth-order valence-corrected chi connectivity index (χ4v) is 5.28. The molecule has 1 N–H and O–H groups in total. The lowest BCUT2D eigenvalue weighted by atomic mass is 10.1. The highest BCUT2D eigenvalue weighted by Gasteiger charge is 2.30. The molecule has 2 heterocycles. The molecule has 4 rings (SSSR count). The first kappa shape index (κ1) is 31.4. The number of carbonyl (C=O) groups is 2. The van der Waals surface area contributed by atoms with Gasteiger partial charge in [0.1, 0.15) is 5.75 Å². The lowest BCUT2D eigenvalue weighted by Crippen LogP contribution is -2.48. The predicted molar refractivity (Wildman–Crippen MR) is 154 cm³/mol. The molecule has 0 atom stereocenters. The van der Waals surface area contributed by atoms with Crippen LogP contribution in [0.15, 0.2) is 67.0 Å². The number of aromatic nitrogens is 1. The van der Waals surface area contributed by atoms with Gasteiger partial charge in [-0.1, -0.05) is 17.9 Å². The van der Waals surface area contributed by atoms with Crippen molar-refractivity contribution in [3.8, 4) is 17.6 Å². The van der Waals surface area contributed by atoms with Crippen LogP contribution in [0.25, 0.3) is 0 Å². The monoisotopic (exact) mass is 614 g/mol. The largest absolute Gasteiger partial charge is 0.494 e. The zero-order valence-electron chi connectivity index (χ0n) is 23.2. The third-order valence-electron chi connectivity index (χ3n) is 6.45. The third-order valence-corrected chi connectivity index (χ3v) is 7.68. The van der Waals surface area contributed by atoms with Crippen LogP contribution in [0, 0.1) is 11.8 Å². The van der Waals surface area contributed by atoms with Gasteiger partial charge in [-0.2, -0.15) is 13.2 Å². The number of anilines is 1. The summed E-state index contributed by atoms with van der Waals surface area (Å²) in [6, 6.07) is 15.1. The van der Waals surface area contributed by atoms with Crippen molar-refractivity contribution in [1.29, 1.82) is 0 Å². The summed E-state index contributed by atoms with van der Waals surface area (Å²) in [6.07, 6.45) is -3.11. The van der Waals surface area contributed by atoms with Gasteiger partial charge in [0.2, 0.25) is 10.0 Å². The Bertz CT molecular complexity index is 1630. The van der Waals surface area contributed by atoms with Gasteiger partial charge in [-0.15, -0.1) is 0 Å². The van der Waals surface area contributed by atoms with Gasteiger partial charge in [-0.25, -0.2) is 13.1 Å². The molecule has 2 amide bonds. The number of hydrogen-bond donors (Lipinski definition) is 1. The second-order valence-electron chi connectivity index (χ2n) is 9.61. The molecule has 43 heavy (non-hydrogen) atoms. The Hall–Kier alpha value is -4.57. The van der Waals surface area contributed by atoms with Crippen molar-refractivity contribution < 1.29 is 35.9 Å². The summed E-state index contributed by atoms with van der Waals surface area (Å²) in [5.74, 6) is 4.41. The van der Waals surface area contributed by atoms with Crippen molar-refractivity contribution in [2.75, 3.05) is 43.4 Å². The molecule has 0 aliphatic carbocycles. The maximum atomic E-state index is 13.2. The quantitative estimate of drug-likeness (QED) is 0.384. The topological polar surface area (TPSA) is 109 Å². The van der Waals surface area contributed by atoms with Crippen LogP contribution in [-0.4, -0.2) is 74.8 Å². The Morgan fingerprint density at radius 2 is 1.65 bits per heavy atom. The molecule has 9 nitrogen and oxygen atoms in total. The molecular weight excluding hydrogens is 585 g/mol. The van der Waals surface area contributed by atoms with Gasteiger partial charge in [0.15, 0.2) is 0 Å². The summed E-state index contributed by atoms with van der Waals surface area (Å²) in [5.41, 5.74) is 2.53. The first-order valence-electron chi connectivity index (χ1n) is 13.4. The third kappa shape index (κ3) is 9.21. The van der Waals surface area contributed by atoms with Crippen molar-refractivity contribution >= 4 is 27.5 Å². The van der Waals surface area contributed by atoms with Crippen molar-refractivity contribution in [3.05, 3.63) is 89.2 Å². The van der Waals surface area contributed by atoms with E-state index in [1.54, 1.807) is 34.0 Å². The molecule has 1 aliphatic rings. The summed E-state index contributed by atoms with van der Waals surface area (Å²) >= 11 is 0. The fourth-order valence-electron chi connectivity index (χ4n) is 4.28. The Morgan fingerprint density at radius 3 is 2.33 bits per heavy atom. The molecule has 1 saturated heterocycles. The minimum absolute atomic E-state index is 0.00868. The first-order valence-corrected chi connectivity index (χ1v) is 15.0. The lowest BCUT2D eigenvalue weighted by molar-refractivity contribution is -0.130. The van der Waals surface area contributed by atoms with Gasteiger partial charge in [0.05, 0.1) is 24.3 Å². The average molecular weight is 615 g/mol. The summed E-state index contributed by atoms with van der Waals surface area (Å²) in [5, 5.41) is 0. The smallest absolute Gasteiger partial charge is 0.390 e. The molecule has 0 saturated carbocycles. The fraction of sp³-hybridized carbons (Fsp3) is 0.300. The number of nitrogens with zero attached hydrogens (tertiary/aromatic N) is 3. The standard InChI is InChI=1S/C30H29F3N4O5S/c1-2-42-27-5-3-4-22(19-27)6-7-23-18-25(21-34-20-23)29(39)37-15-13-36(14-16-37)26-10-8-24(9-11-26)28(38)35-43(40,41)17-12-30(31,32)33/h3-5,8-11,18-21H,2,12-17H2,1H3,(H,35,38). The zero-order chi connectivity index (χ0) is 31.0. The number of pyridine rings is 1. The molecule has 1 fully saturated rings. The van der Waals surface area contributed by atoms with E-state index in [4.69, 9.17) is 4.74 Å². The van der Waals surface area contributed by atoms with E-state index < -0.39 is 34.3 Å². The van der Waals surface area contributed by atoms with Crippen LogP contribution in [0.4, 0.5) is 18.9 Å². The van der Waals surface area contributed by atoms with E-state index in [9.17, 15) is 31.2 Å². The van der Waals surface area contributed by atoms with Crippen LogP contribution in [0.3, 0.4) is 0 Å². The highest BCUT2D eigenvalue weighted by molar-refractivity contribution is 7.90. The average Bonchev–Trinajstić information content (AvgIpc) is 2.99. The van der Waals surface area contributed by atoms with E-state index in [0.29, 0.717) is 43.9 Å². The van der Waals surface area contributed by atoms with Crippen LogP contribution < -0.4 is 14.4 Å².